The summed E-state index contributed by atoms with van der Waals surface area (Å²) in [6, 6.07) is 8.06. The van der Waals surface area contributed by atoms with Crippen molar-refractivity contribution in [1.82, 2.24) is 14.8 Å². The maximum absolute atomic E-state index is 12.4. The smallest absolute Gasteiger partial charge is 0.329 e. The molecular formula is C18H21N3O2. The Bertz CT molecular complexity index is 802. The van der Waals surface area contributed by atoms with E-state index in [0.29, 0.717) is 18.3 Å². The summed E-state index contributed by atoms with van der Waals surface area (Å²) in [6.45, 7) is 6.62. The van der Waals surface area contributed by atoms with Crippen LogP contribution in [0.15, 0.2) is 36.2 Å². The third-order valence-electron chi connectivity index (χ3n) is 4.04. The van der Waals surface area contributed by atoms with Gasteiger partial charge in [-0.1, -0.05) is 25.1 Å². The molecule has 1 aliphatic rings. The van der Waals surface area contributed by atoms with Gasteiger partial charge in [0.05, 0.1) is 0 Å². The second-order valence-electron chi connectivity index (χ2n) is 6.05. The first-order valence-corrected chi connectivity index (χ1v) is 7.97. The lowest BCUT2D eigenvalue weighted by Gasteiger charge is -2.08. The van der Waals surface area contributed by atoms with E-state index in [0.717, 1.165) is 22.9 Å². The van der Waals surface area contributed by atoms with E-state index >= 15 is 0 Å². The number of carbonyl (C=O) groups is 2. The largest absolute Gasteiger partial charge is 0.344 e. The molecule has 5 nitrogen and oxygen atoms in total. The molecule has 0 saturated carbocycles. The normalized spacial score (nSPS) is 16.9. The number of urea groups is 1. The van der Waals surface area contributed by atoms with Crippen LogP contribution in [-0.4, -0.2) is 28.0 Å². The zero-order valence-corrected chi connectivity index (χ0v) is 13.7. The highest BCUT2D eigenvalue weighted by molar-refractivity contribution is 6.14. The van der Waals surface area contributed by atoms with Gasteiger partial charge in [0.2, 0.25) is 0 Å². The number of rotatable bonds is 4. The summed E-state index contributed by atoms with van der Waals surface area (Å²) in [4.78, 5) is 25.5. The van der Waals surface area contributed by atoms with Crippen LogP contribution in [0.25, 0.3) is 17.0 Å². The van der Waals surface area contributed by atoms with Gasteiger partial charge in [-0.15, -0.1) is 0 Å². The second-order valence-corrected chi connectivity index (χ2v) is 6.05. The minimum absolute atomic E-state index is 0.252. The predicted molar refractivity (Wildman–Crippen MR) is 90.8 cm³/mol. The van der Waals surface area contributed by atoms with Gasteiger partial charge < -0.3 is 9.88 Å². The zero-order chi connectivity index (χ0) is 16.6. The molecule has 1 aromatic heterocycles. The molecule has 1 N–H and O–H groups in total. The average molecular weight is 311 g/mol. The summed E-state index contributed by atoms with van der Waals surface area (Å²) in [7, 11) is 0. The number of nitrogens with one attached hydrogen (secondary N) is 1. The Kier molecular flexibility index (Phi) is 3.94. The highest BCUT2D eigenvalue weighted by atomic mass is 16.2. The lowest BCUT2D eigenvalue weighted by molar-refractivity contribution is -0.122. The van der Waals surface area contributed by atoms with E-state index in [9.17, 15) is 9.59 Å². The minimum Gasteiger partial charge on any atom is -0.344 e. The Labute approximate surface area is 135 Å². The molecule has 2 heterocycles. The molecule has 0 bridgehead atoms. The third kappa shape index (κ3) is 2.63. The molecule has 120 valence electrons. The van der Waals surface area contributed by atoms with Gasteiger partial charge in [-0.2, -0.15) is 0 Å². The fourth-order valence-electron chi connectivity index (χ4n) is 2.93. The van der Waals surface area contributed by atoms with E-state index in [4.69, 9.17) is 0 Å². The van der Waals surface area contributed by atoms with Crippen molar-refractivity contribution in [3.05, 3.63) is 41.7 Å². The van der Waals surface area contributed by atoms with Gasteiger partial charge in [0.25, 0.3) is 5.91 Å². The van der Waals surface area contributed by atoms with Crippen molar-refractivity contribution in [3.63, 3.8) is 0 Å². The molecule has 23 heavy (non-hydrogen) atoms. The molecule has 1 aliphatic heterocycles. The maximum Gasteiger partial charge on any atom is 0.329 e. The Morgan fingerprint density at radius 2 is 1.96 bits per heavy atom. The van der Waals surface area contributed by atoms with Crippen LogP contribution >= 0.6 is 0 Å². The van der Waals surface area contributed by atoms with Gasteiger partial charge in [-0.05, 0) is 32.4 Å². The number of hydrogen-bond donors (Lipinski definition) is 1. The highest BCUT2D eigenvalue weighted by Gasteiger charge is 2.32. The number of carbonyl (C=O) groups excluding carboxylic acids is 2. The number of imide groups is 1. The molecule has 0 unspecified atom stereocenters. The van der Waals surface area contributed by atoms with Crippen molar-refractivity contribution in [1.29, 1.82) is 0 Å². The molecule has 1 aromatic carbocycles. The minimum atomic E-state index is -0.337. The van der Waals surface area contributed by atoms with E-state index in [2.05, 4.69) is 29.8 Å². The van der Waals surface area contributed by atoms with Crippen LogP contribution in [0, 0.1) is 0 Å². The van der Waals surface area contributed by atoms with Gasteiger partial charge in [-0.3, -0.25) is 9.69 Å². The fourth-order valence-corrected chi connectivity index (χ4v) is 2.93. The van der Waals surface area contributed by atoms with Crippen LogP contribution < -0.4 is 5.32 Å². The zero-order valence-electron chi connectivity index (χ0n) is 13.7. The SMILES string of the molecule is CCCN1C(=O)N/C(=C/c2cn(C(C)C)c3ccccc23)C1=O. The first-order chi connectivity index (χ1) is 11.0. The Morgan fingerprint density at radius 1 is 1.22 bits per heavy atom. The second kappa shape index (κ2) is 5.91. The van der Waals surface area contributed by atoms with Gasteiger partial charge in [0.15, 0.2) is 0 Å². The Morgan fingerprint density at radius 3 is 2.65 bits per heavy atom. The number of nitrogens with zero attached hydrogens (tertiary/aromatic N) is 2. The number of fused-ring (bicyclic) bond motifs is 1. The molecule has 3 rings (SSSR count). The van der Waals surface area contributed by atoms with E-state index in [1.165, 1.54) is 4.90 Å². The van der Waals surface area contributed by atoms with Gasteiger partial charge in [-0.25, -0.2) is 4.79 Å². The van der Waals surface area contributed by atoms with Crippen LogP contribution in [0.4, 0.5) is 4.79 Å². The van der Waals surface area contributed by atoms with E-state index < -0.39 is 0 Å². The molecule has 0 aliphatic carbocycles. The summed E-state index contributed by atoms with van der Waals surface area (Å²) in [5.74, 6) is -0.252. The van der Waals surface area contributed by atoms with Gasteiger partial charge >= 0.3 is 6.03 Å². The van der Waals surface area contributed by atoms with Crippen LogP contribution in [0.2, 0.25) is 0 Å². The molecule has 0 radical (unpaired) electrons. The molecule has 1 saturated heterocycles. The quantitative estimate of drug-likeness (QED) is 0.694. The summed E-state index contributed by atoms with van der Waals surface area (Å²) >= 11 is 0. The monoisotopic (exact) mass is 311 g/mol. The molecule has 2 aromatic rings. The molecule has 0 atom stereocenters. The molecule has 0 spiro atoms. The van der Waals surface area contributed by atoms with E-state index in [1.54, 1.807) is 6.08 Å². The number of aromatic nitrogens is 1. The van der Waals surface area contributed by atoms with Crippen LogP contribution in [-0.2, 0) is 4.79 Å². The van der Waals surface area contributed by atoms with Crippen molar-refractivity contribution in [3.8, 4) is 0 Å². The summed E-state index contributed by atoms with van der Waals surface area (Å²) in [5.41, 5.74) is 2.41. The number of para-hydroxylation sites is 1. The first kappa shape index (κ1) is 15.3. The van der Waals surface area contributed by atoms with E-state index in [-0.39, 0.29) is 11.9 Å². The van der Waals surface area contributed by atoms with Gasteiger partial charge in [0.1, 0.15) is 5.70 Å². The number of amides is 3. The number of benzene rings is 1. The van der Waals surface area contributed by atoms with E-state index in [1.807, 2.05) is 31.3 Å². The van der Waals surface area contributed by atoms with Crippen LogP contribution in [0.5, 0.6) is 0 Å². The van der Waals surface area contributed by atoms with Crippen molar-refractivity contribution >= 4 is 28.9 Å². The first-order valence-electron chi connectivity index (χ1n) is 7.97. The van der Waals surface area contributed by atoms with Crippen LogP contribution in [0.3, 0.4) is 0 Å². The fraction of sp³-hybridized carbons (Fsp3) is 0.333. The molecule has 1 fully saturated rings. The van der Waals surface area contributed by atoms with Crippen molar-refractivity contribution < 1.29 is 9.59 Å². The molecule has 3 amide bonds. The average Bonchev–Trinajstić information content (AvgIpc) is 3.02. The number of hydrogen-bond acceptors (Lipinski definition) is 2. The van der Waals surface area contributed by atoms with Crippen molar-refractivity contribution in [2.45, 2.75) is 33.2 Å². The van der Waals surface area contributed by atoms with Crippen LogP contribution in [0.1, 0.15) is 38.8 Å². The lowest BCUT2D eigenvalue weighted by atomic mass is 10.1. The highest BCUT2D eigenvalue weighted by Crippen LogP contribution is 2.27. The molecule has 5 heteroatoms. The standard InChI is InChI=1S/C18H21N3O2/c1-4-9-20-17(22)15(19-18(20)23)10-13-11-21(12(2)3)16-8-6-5-7-14(13)16/h5-8,10-12H,4,9H2,1-3H3,(H,19,23)/b15-10+. The predicted octanol–water partition coefficient (Wildman–Crippen LogP) is 3.52. The summed E-state index contributed by atoms with van der Waals surface area (Å²) in [5, 5.41) is 3.75. The Hall–Kier alpha value is -2.56. The summed E-state index contributed by atoms with van der Waals surface area (Å²) in [6.07, 6.45) is 4.56. The van der Waals surface area contributed by atoms with Gasteiger partial charge in [0, 0.05) is 35.2 Å². The lowest BCUT2D eigenvalue weighted by Crippen LogP contribution is -2.31. The third-order valence-corrected chi connectivity index (χ3v) is 4.04. The topological polar surface area (TPSA) is 54.3 Å². The molecular weight excluding hydrogens is 290 g/mol. The summed E-state index contributed by atoms with van der Waals surface area (Å²) < 4.78 is 2.17. The van der Waals surface area contributed by atoms with Crippen molar-refractivity contribution in [2.24, 2.45) is 0 Å². The van der Waals surface area contributed by atoms with Crippen molar-refractivity contribution in [2.75, 3.05) is 6.54 Å². The Balaban J connectivity index is 2.05. The maximum atomic E-state index is 12.4.